The summed E-state index contributed by atoms with van der Waals surface area (Å²) in [6.07, 6.45) is 0. The molecule has 1 aromatic carbocycles. The largest absolute Gasteiger partial charge is 0.489 e. The Balaban J connectivity index is 2.39. The molecule has 1 aliphatic rings. The van der Waals surface area contributed by atoms with Crippen molar-refractivity contribution in [2.45, 2.75) is 0 Å². The first-order valence-corrected chi connectivity index (χ1v) is 5.46. The van der Waals surface area contributed by atoms with Gasteiger partial charge >= 0.3 is 7.12 Å². The second-order valence-corrected chi connectivity index (χ2v) is 3.83. The molecule has 0 aromatic heterocycles. The molecule has 1 saturated heterocycles. The molecular weight excluding hydrogens is 219 g/mol. The highest BCUT2D eigenvalue weighted by molar-refractivity contribution is 6.59. The molecule has 6 heteroatoms. The maximum Gasteiger partial charge on any atom is 0.489 e. The highest BCUT2D eigenvalue weighted by Gasteiger charge is 2.22. The molecule has 0 amide bonds. The molecule has 5 nitrogen and oxygen atoms in total. The summed E-state index contributed by atoms with van der Waals surface area (Å²) in [6, 6.07) is 7.13. The maximum absolute atomic E-state index is 9.22. The van der Waals surface area contributed by atoms with Crippen LogP contribution < -0.4 is 10.4 Å². The zero-order valence-corrected chi connectivity index (χ0v) is 9.33. The van der Waals surface area contributed by atoms with E-state index in [0.717, 1.165) is 5.69 Å². The molecule has 0 radical (unpaired) electrons. The van der Waals surface area contributed by atoms with Gasteiger partial charge in [0, 0.05) is 18.6 Å². The smallest absolute Gasteiger partial charge is 0.423 e. The van der Waals surface area contributed by atoms with Gasteiger partial charge in [-0.15, -0.1) is 0 Å². The molecular formula is C11H13BN2O3. The molecule has 2 rings (SSSR count). The van der Waals surface area contributed by atoms with Gasteiger partial charge in [0.2, 0.25) is 0 Å². The third-order valence-corrected chi connectivity index (χ3v) is 2.82. The standard InChI is InChI=1S/C11H13BN2O3/c13-8-9-10(12(15)16)2-1-3-11(9)14-4-6-17-7-5-14/h1-3,15-16H,4-7H2. The lowest BCUT2D eigenvalue weighted by atomic mass is 9.76. The monoisotopic (exact) mass is 232 g/mol. The molecule has 17 heavy (non-hydrogen) atoms. The van der Waals surface area contributed by atoms with Gasteiger partial charge in [-0.25, -0.2) is 0 Å². The minimum absolute atomic E-state index is 0.247. The summed E-state index contributed by atoms with van der Waals surface area (Å²) in [6.45, 7) is 2.66. The molecule has 0 atom stereocenters. The lowest BCUT2D eigenvalue weighted by Crippen LogP contribution is -2.39. The van der Waals surface area contributed by atoms with Crippen molar-refractivity contribution in [2.24, 2.45) is 0 Å². The summed E-state index contributed by atoms with van der Waals surface area (Å²) >= 11 is 0. The highest BCUT2D eigenvalue weighted by Crippen LogP contribution is 2.19. The number of hydrogen-bond acceptors (Lipinski definition) is 5. The zero-order chi connectivity index (χ0) is 12.3. The van der Waals surface area contributed by atoms with Crippen LogP contribution >= 0.6 is 0 Å². The Labute approximate surface area is 100.0 Å². The summed E-state index contributed by atoms with van der Waals surface area (Å²) in [5.74, 6) is 0. The normalized spacial score (nSPS) is 15.5. The summed E-state index contributed by atoms with van der Waals surface area (Å²) in [5, 5.41) is 27.6. The van der Waals surface area contributed by atoms with Crippen molar-refractivity contribution in [1.29, 1.82) is 5.26 Å². The third-order valence-electron chi connectivity index (χ3n) is 2.82. The van der Waals surface area contributed by atoms with Crippen molar-refractivity contribution in [3.8, 4) is 6.07 Å². The second kappa shape index (κ2) is 5.19. The van der Waals surface area contributed by atoms with Crippen LogP contribution in [0.15, 0.2) is 18.2 Å². The zero-order valence-electron chi connectivity index (χ0n) is 9.33. The Bertz CT molecular complexity index is 439. The molecule has 0 spiro atoms. The number of anilines is 1. The number of benzene rings is 1. The van der Waals surface area contributed by atoms with Crippen LogP contribution in [0.2, 0.25) is 0 Å². The summed E-state index contributed by atoms with van der Waals surface area (Å²) < 4.78 is 5.25. The first-order chi connectivity index (χ1) is 8.24. The van der Waals surface area contributed by atoms with E-state index in [-0.39, 0.29) is 5.46 Å². The summed E-state index contributed by atoms with van der Waals surface area (Å²) in [5.41, 5.74) is 1.31. The minimum Gasteiger partial charge on any atom is -0.423 e. The topological polar surface area (TPSA) is 76.7 Å². The van der Waals surface area contributed by atoms with E-state index in [4.69, 9.17) is 10.00 Å². The Kier molecular flexibility index (Phi) is 3.64. The Morgan fingerprint density at radius 2 is 2.00 bits per heavy atom. The van der Waals surface area contributed by atoms with Crippen LogP contribution in [0.4, 0.5) is 5.69 Å². The number of rotatable bonds is 2. The SMILES string of the molecule is N#Cc1c(B(O)O)cccc1N1CCOCC1. The fourth-order valence-corrected chi connectivity index (χ4v) is 1.96. The molecule has 0 unspecified atom stereocenters. The lowest BCUT2D eigenvalue weighted by Gasteiger charge is -2.30. The van der Waals surface area contributed by atoms with Gasteiger partial charge < -0.3 is 19.7 Å². The van der Waals surface area contributed by atoms with Crippen molar-refractivity contribution in [1.82, 2.24) is 0 Å². The van der Waals surface area contributed by atoms with Crippen molar-refractivity contribution < 1.29 is 14.8 Å². The average molecular weight is 232 g/mol. The first-order valence-electron chi connectivity index (χ1n) is 5.46. The van der Waals surface area contributed by atoms with Crippen LogP contribution in [0.5, 0.6) is 0 Å². The van der Waals surface area contributed by atoms with E-state index in [1.165, 1.54) is 0 Å². The second-order valence-electron chi connectivity index (χ2n) is 3.83. The predicted octanol–water partition coefficient (Wildman–Crippen LogP) is -0.925. The van der Waals surface area contributed by atoms with E-state index in [0.29, 0.717) is 31.9 Å². The molecule has 0 bridgehead atoms. The third kappa shape index (κ3) is 2.42. The van der Waals surface area contributed by atoms with E-state index in [1.54, 1.807) is 12.1 Å². The predicted molar refractivity (Wildman–Crippen MR) is 64.0 cm³/mol. The van der Waals surface area contributed by atoms with Crippen molar-refractivity contribution in [2.75, 3.05) is 31.2 Å². The van der Waals surface area contributed by atoms with Gasteiger partial charge in [0.25, 0.3) is 0 Å². The number of nitrogens with zero attached hydrogens (tertiary/aromatic N) is 2. The van der Waals surface area contributed by atoms with E-state index in [2.05, 4.69) is 0 Å². The van der Waals surface area contributed by atoms with Gasteiger partial charge in [0.15, 0.2) is 0 Å². The van der Waals surface area contributed by atoms with Gasteiger partial charge in [0.05, 0.1) is 24.5 Å². The summed E-state index contributed by atoms with van der Waals surface area (Å²) in [4.78, 5) is 2.02. The molecule has 0 aliphatic carbocycles. The van der Waals surface area contributed by atoms with Crippen LogP contribution in [0.3, 0.4) is 0 Å². The van der Waals surface area contributed by atoms with Gasteiger partial charge in [-0.3, -0.25) is 0 Å². The van der Waals surface area contributed by atoms with E-state index in [9.17, 15) is 10.0 Å². The Morgan fingerprint density at radius 3 is 2.59 bits per heavy atom. The van der Waals surface area contributed by atoms with Gasteiger partial charge in [-0.2, -0.15) is 5.26 Å². The number of ether oxygens (including phenoxy) is 1. The molecule has 2 N–H and O–H groups in total. The average Bonchev–Trinajstić information content (AvgIpc) is 2.38. The van der Waals surface area contributed by atoms with Crippen LogP contribution in [0.25, 0.3) is 0 Å². The van der Waals surface area contributed by atoms with Crippen molar-refractivity contribution in [3.05, 3.63) is 23.8 Å². The fourth-order valence-electron chi connectivity index (χ4n) is 1.96. The summed E-state index contributed by atoms with van der Waals surface area (Å²) in [7, 11) is -1.62. The van der Waals surface area contributed by atoms with Gasteiger partial charge in [-0.05, 0) is 6.07 Å². The first kappa shape index (κ1) is 11.9. The lowest BCUT2D eigenvalue weighted by molar-refractivity contribution is 0.122. The fraction of sp³-hybridized carbons (Fsp3) is 0.364. The van der Waals surface area contributed by atoms with Crippen LogP contribution in [-0.4, -0.2) is 43.5 Å². The van der Waals surface area contributed by atoms with Gasteiger partial charge in [0.1, 0.15) is 6.07 Å². The maximum atomic E-state index is 9.22. The van der Waals surface area contributed by atoms with Gasteiger partial charge in [-0.1, -0.05) is 12.1 Å². The minimum atomic E-state index is -1.62. The highest BCUT2D eigenvalue weighted by atomic mass is 16.5. The molecule has 1 aromatic rings. The molecule has 1 aliphatic heterocycles. The van der Waals surface area contributed by atoms with E-state index in [1.807, 2.05) is 17.0 Å². The molecule has 88 valence electrons. The molecule has 1 heterocycles. The van der Waals surface area contributed by atoms with Crippen molar-refractivity contribution in [3.63, 3.8) is 0 Å². The van der Waals surface area contributed by atoms with Crippen LogP contribution in [0.1, 0.15) is 5.56 Å². The quantitative estimate of drug-likeness (QED) is 0.644. The van der Waals surface area contributed by atoms with E-state index < -0.39 is 7.12 Å². The number of hydrogen-bond donors (Lipinski definition) is 2. The molecule has 0 saturated carbocycles. The molecule has 1 fully saturated rings. The van der Waals surface area contributed by atoms with E-state index >= 15 is 0 Å². The Morgan fingerprint density at radius 1 is 1.29 bits per heavy atom. The van der Waals surface area contributed by atoms with Crippen LogP contribution in [0, 0.1) is 11.3 Å². The number of morpholine rings is 1. The number of nitriles is 1. The van der Waals surface area contributed by atoms with Crippen molar-refractivity contribution >= 4 is 18.3 Å². The van der Waals surface area contributed by atoms with Crippen LogP contribution in [-0.2, 0) is 4.74 Å². The Hall–Kier alpha value is -1.55.